The summed E-state index contributed by atoms with van der Waals surface area (Å²) in [6.45, 7) is 2.62. The number of benzene rings is 2. The van der Waals surface area contributed by atoms with E-state index in [1.807, 2.05) is 7.05 Å². The lowest BCUT2D eigenvalue weighted by Gasteiger charge is -2.23. The van der Waals surface area contributed by atoms with E-state index in [4.69, 9.17) is 5.11 Å². The molecular weight excluding hydrogens is 318 g/mol. The van der Waals surface area contributed by atoms with Crippen LogP contribution in [0.15, 0.2) is 47.8 Å². The topological polar surface area (TPSA) is 40.5 Å². The minimum atomic E-state index is -0.766. The van der Waals surface area contributed by atoms with Crippen LogP contribution in [0, 0.1) is 6.92 Å². The van der Waals surface area contributed by atoms with Crippen molar-refractivity contribution in [2.45, 2.75) is 19.8 Å². The molecule has 0 saturated heterocycles. The second-order valence-corrected chi connectivity index (χ2v) is 7.11. The van der Waals surface area contributed by atoms with Gasteiger partial charge in [0.15, 0.2) is 0 Å². The monoisotopic (exact) mass is 339 g/mol. The molecule has 0 spiro atoms. The summed E-state index contributed by atoms with van der Waals surface area (Å²) in [4.78, 5) is 14.3. The number of anilines is 1. The third-order valence-corrected chi connectivity index (χ3v) is 5.28. The Labute approximate surface area is 146 Å². The van der Waals surface area contributed by atoms with Gasteiger partial charge >= 0.3 is 5.97 Å². The predicted octanol–water partition coefficient (Wildman–Crippen LogP) is 4.71. The minimum Gasteiger partial charge on any atom is -0.481 e. The van der Waals surface area contributed by atoms with Gasteiger partial charge in [-0.15, -0.1) is 11.3 Å². The summed E-state index contributed by atoms with van der Waals surface area (Å²) >= 11 is 1.78. The van der Waals surface area contributed by atoms with Crippen LogP contribution in [0.2, 0.25) is 0 Å². The molecule has 0 atom stereocenters. The van der Waals surface area contributed by atoms with Crippen molar-refractivity contribution in [1.29, 1.82) is 0 Å². The number of fused-ring (bicyclic) bond motifs is 1. The van der Waals surface area contributed by atoms with Crippen molar-refractivity contribution in [3.63, 3.8) is 0 Å². The number of carboxylic acid groups (broad SMARTS) is 1. The van der Waals surface area contributed by atoms with E-state index in [2.05, 4.69) is 59.7 Å². The Kier molecular flexibility index (Phi) is 4.86. The largest absolute Gasteiger partial charge is 0.481 e. The Bertz CT molecular complexity index is 869. The number of thiophene rings is 1. The number of hydrogen-bond acceptors (Lipinski definition) is 3. The third-order valence-electron chi connectivity index (χ3n) is 4.22. The van der Waals surface area contributed by atoms with Crippen LogP contribution >= 0.6 is 11.3 Å². The number of aliphatic carboxylic acids is 1. The summed E-state index contributed by atoms with van der Waals surface area (Å²) < 4.78 is 0. The molecule has 4 heteroatoms. The number of carboxylic acids is 1. The van der Waals surface area contributed by atoms with E-state index in [-0.39, 0.29) is 6.42 Å². The highest BCUT2D eigenvalue weighted by Gasteiger charge is 2.13. The first-order valence-corrected chi connectivity index (χ1v) is 8.90. The maximum atomic E-state index is 10.9. The molecule has 0 saturated carbocycles. The highest BCUT2D eigenvalue weighted by atomic mass is 32.1. The number of rotatable bonds is 6. The summed E-state index contributed by atoms with van der Waals surface area (Å²) in [5.41, 5.74) is 3.67. The van der Waals surface area contributed by atoms with Crippen molar-refractivity contribution in [2.24, 2.45) is 0 Å². The molecule has 0 bridgehead atoms. The Morgan fingerprint density at radius 3 is 2.71 bits per heavy atom. The SMILES string of the molecule is Cc1csc(Cc2c(N(C)CCC(=O)O)ccc3ccccc23)c1. The smallest absolute Gasteiger partial charge is 0.305 e. The fraction of sp³-hybridized carbons (Fsp3) is 0.250. The number of aryl methyl sites for hydroxylation is 1. The highest BCUT2D eigenvalue weighted by molar-refractivity contribution is 7.10. The van der Waals surface area contributed by atoms with Gasteiger partial charge in [-0.1, -0.05) is 30.3 Å². The third kappa shape index (κ3) is 3.60. The first kappa shape index (κ1) is 16.5. The lowest BCUT2D eigenvalue weighted by molar-refractivity contribution is -0.136. The summed E-state index contributed by atoms with van der Waals surface area (Å²) in [5, 5.41) is 13.6. The Balaban J connectivity index is 2.03. The molecule has 0 amide bonds. The van der Waals surface area contributed by atoms with Crippen molar-refractivity contribution in [3.8, 4) is 0 Å². The lowest BCUT2D eigenvalue weighted by Crippen LogP contribution is -2.22. The van der Waals surface area contributed by atoms with Crippen molar-refractivity contribution in [1.82, 2.24) is 0 Å². The summed E-state index contributed by atoms with van der Waals surface area (Å²) in [6, 6.07) is 14.8. The molecule has 1 heterocycles. The van der Waals surface area contributed by atoms with Crippen LogP contribution in [0.1, 0.15) is 22.4 Å². The van der Waals surface area contributed by atoms with Gasteiger partial charge < -0.3 is 10.0 Å². The van der Waals surface area contributed by atoms with Gasteiger partial charge in [0.1, 0.15) is 0 Å². The normalized spacial score (nSPS) is 10.9. The maximum absolute atomic E-state index is 10.9. The van der Waals surface area contributed by atoms with Gasteiger partial charge in [-0.3, -0.25) is 4.79 Å². The fourth-order valence-corrected chi connectivity index (χ4v) is 3.90. The summed E-state index contributed by atoms with van der Waals surface area (Å²) in [5.74, 6) is -0.766. The van der Waals surface area contributed by atoms with Gasteiger partial charge in [0.2, 0.25) is 0 Å². The quantitative estimate of drug-likeness (QED) is 0.707. The molecule has 3 aromatic rings. The van der Waals surface area contributed by atoms with Crippen molar-refractivity contribution >= 4 is 33.8 Å². The van der Waals surface area contributed by atoms with Crippen molar-refractivity contribution < 1.29 is 9.90 Å². The molecule has 0 unspecified atom stereocenters. The number of carbonyl (C=O) groups is 1. The molecule has 0 aliphatic carbocycles. The molecule has 2 aromatic carbocycles. The van der Waals surface area contributed by atoms with Crippen LogP contribution in [0.4, 0.5) is 5.69 Å². The van der Waals surface area contributed by atoms with E-state index in [0.29, 0.717) is 6.54 Å². The zero-order valence-electron chi connectivity index (χ0n) is 14.0. The molecule has 1 N–H and O–H groups in total. The molecule has 1 aromatic heterocycles. The van der Waals surface area contributed by atoms with Crippen LogP contribution in [-0.2, 0) is 11.2 Å². The molecule has 24 heavy (non-hydrogen) atoms. The molecule has 0 aliphatic rings. The average molecular weight is 339 g/mol. The van der Waals surface area contributed by atoms with Gasteiger partial charge in [0.05, 0.1) is 6.42 Å². The lowest BCUT2D eigenvalue weighted by atomic mass is 9.98. The van der Waals surface area contributed by atoms with Crippen LogP contribution in [-0.4, -0.2) is 24.7 Å². The molecule has 124 valence electrons. The van der Waals surface area contributed by atoms with E-state index >= 15 is 0 Å². The molecule has 0 aliphatic heterocycles. The van der Waals surface area contributed by atoms with Gasteiger partial charge in [-0.05, 0) is 46.3 Å². The minimum absolute atomic E-state index is 0.140. The van der Waals surface area contributed by atoms with Gasteiger partial charge in [0.25, 0.3) is 0 Å². The average Bonchev–Trinajstić information content (AvgIpc) is 2.98. The van der Waals surface area contributed by atoms with Crippen LogP contribution in [0.5, 0.6) is 0 Å². The molecule has 3 nitrogen and oxygen atoms in total. The predicted molar refractivity (Wildman–Crippen MR) is 101 cm³/mol. The highest BCUT2D eigenvalue weighted by Crippen LogP contribution is 2.32. The summed E-state index contributed by atoms with van der Waals surface area (Å²) in [7, 11) is 1.97. The van der Waals surface area contributed by atoms with E-state index in [0.717, 1.165) is 12.1 Å². The molecular formula is C20H21NO2S. The van der Waals surface area contributed by atoms with Crippen molar-refractivity contribution in [2.75, 3.05) is 18.5 Å². The Hall–Kier alpha value is -2.33. The number of nitrogens with zero attached hydrogens (tertiary/aromatic N) is 1. The van der Waals surface area contributed by atoms with Gasteiger partial charge in [0, 0.05) is 30.6 Å². The summed E-state index contributed by atoms with van der Waals surface area (Å²) in [6.07, 6.45) is 1.01. The van der Waals surface area contributed by atoms with Crippen molar-refractivity contribution in [3.05, 3.63) is 63.8 Å². The maximum Gasteiger partial charge on any atom is 0.305 e. The molecule has 0 fully saturated rings. The number of hydrogen-bond donors (Lipinski definition) is 1. The second-order valence-electron chi connectivity index (χ2n) is 6.12. The van der Waals surface area contributed by atoms with Crippen LogP contribution in [0.3, 0.4) is 0 Å². The van der Waals surface area contributed by atoms with Crippen LogP contribution in [0.25, 0.3) is 10.8 Å². The molecule has 3 rings (SSSR count). The Morgan fingerprint density at radius 2 is 2.00 bits per heavy atom. The van der Waals surface area contributed by atoms with Gasteiger partial charge in [-0.2, -0.15) is 0 Å². The van der Waals surface area contributed by atoms with E-state index in [1.54, 1.807) is 11.3 Å². The van der Waals surface area contributed by atoms with E-state index in [9.17, 15) is 4.79 Å². The van der Waals surface area contributed by atoms with Gasteiger partial charge in [-0.25, -0.2) is 0 Å². The standard InChI is InChI=1S/C20H21NO2S/c1-14-11-16(24-13-14)12-18-17-6-4-3-5-15(17)7-8-19(18)21(2)10-9-20(22)23/h3-8,11,13H,9-10,12H2,1-2H3,(H,22,23). The fourth-order valence-electron chi connectivity index (χ4n) is 3.01. The Morgan fingerprint density at radius 1 is 1.21 bits per heavy atom. The first-order valence-electron chi connectivity index (χ1n) is 8.02. The first-order chi connectivity index (χ1) is 11.5. The zero-order valence-corrected chi connectivity index (χ0v) is 14.8. The van der Waals surface area contributed by atoms with Crippen LogP contribution < -0.4 is 4.90 Å². The molecule has 0 radical (unpaired) electrons. The second kappa shape index (κ2) is 7.05. The zero-order chi connectivity index (χ0) is 17.1. The van der Waals surface area contributed by atoms with E-state index in [1.165, 1.54) is 26.8 Å². The van der Waals surface area contributed by atoms with E-state index < -0.39 is 5.97 Å².